The Bertz CT molecular complexity index is 783. The SMILES string of the molecule is CO[C@@H]1C[C@H](CC#N)N(c2ccc(OC3CCN(C(=O)OC(C)(C)C)CC3C)cc2)C1. The van der Waals surface area contributed by atoms with Gasteiger partial charge in [0.25, 0.3) is 0 Å². The second-order valence-electron chi connectivity index (χ2n) is 9.60. The molecule has 31 heavy (non-hydrogen) atoms. The number of likely N-dealkylation sites (tertiary alicyclic amines) is 1. The van der Waals surface area contributed by atoms with E-state index in [0.717, 1.165) is 30.8 Å². The molecule has 7 heteroatoms. The van der Waals surface area contributed by atoms with Crippen LogP contribution in [0.1, 0.15) is 47.0 Å². The van der Waals surface area contributed by atoms with Gasteiger partial charge < -0.3 is 24.0 Å². The summed E-state index contributed by atoms with van der Waals surface area (Å²) in [6, 6.07) is 10.6. The lowest BCUT2D eigenvalue weighted by Crippen LogP contribution is -2.48. The molecule has 1 amide bonds. The van der Waals surface area contributed by atoms with Crippen molar-refractivity contribution in [3.05, 3.63) is 24.3 Å². The van der Waals surface area contributed by atoms with Crippen LogP contribution >= 0.6 is 0 Å². The molecule has 170 valence electrons. The molecule has 2 heterocycles. The second kappa shape index (κ2) is 9.78. The molecule has 0 radical (unpaired) electrons. The van der Waals surface area contributed by atoms with E-state index in [4.69, 9.17) is 19.5 Å². The first kappa shape index (κ1) is 23.2. The molecular formula is C24H35N3O4. The van der Waals surface area contributed by atoms with Gasteiger partial charge in [0.15, 0.2) is 0 Å². The summed E-state index contributed by atoms with van der Waals surface area (Å²) >= 11 is 0. The van der Waals surface area contributed by atoms with Gasteiger partial charge in [-0.05, 0) is 51.5 Å². The van der Waals surface area contributed by atoms with Gasteiger partial charge in [-0.1, -0.05) is 6.92 Å². The summed E-state index contributed by atoms with van der Waals surface area (Å²) in [5.74, 6) is 1.03. The van der Waals surface area contributed by atoms with Crippen molar-refractivity contribution in [2.75, 3.05) is 31.6 Å². The average molecular weight is 430 g/mol. The van der Waals surface area contributed by atoms with Crippen molar-refractivity contribution >= 4 is 11.8 Å². The lowest BCUT2D eigenvalue weighted by atomic mass is 9.96. The van der Waals surface area contributed by atoms with Gasteiger partial charge in [0.05, 0.1) is 18.6 Å². The van der Waals surface area contributed by atoms with E-state index in [0.29, 0.717) is 19.5 Å². The van der Waals surface area contributed by atoms with Crippen LogP contribution in [0.3, 0.4) is 0 Å². The van der Waals surface area contributed by atoms with Crippen molar-refractivity contribution in [2.24, 2.45) is 5.92 Å². The first-order chi connectivity index (χ1) is 14.7. The Labute approximate surface area is 185 Å². The smallest absolute Gasteiger partial charge is 0.410 e. The first-order valence-electron chi connectivity index (χ1n) is 11.1. The number of piperidine rings is 1. The second-order valence-corrected chi connectivity index (χ2v) is 9.60. The monoisotopic (exact) mass is 429 g/mol. The molecule has 0 bridgehead atoms. The summed E-state index contributed by atoms with van der Waals surface area (Å²) in [5, 5.41) is 9.14. The van der Waals surface area contributed by atoms with E-state index in [1.807, 2.05) is 32.9 Å². The van der Waals surface area contributed by atoms with E-state index in [2.05, 4.69) is 30.0 Å². The van der Waals surface area contributed by atoms with Crippen LogP contribution in [0.25, 0.3) is 0 Å². The predicted molar refractivity (Wildman–Crippen MR) is 119 cm³/mol. The highest BCUT2D eigenvalue weighted by Gasteiger charge is 2.33. The summed E-state index contributed by atoms with van der Waals surface area (Å²) in [5.41, 5.74) is 0.597. The van der Waals surface area contributed by atoms with Crippen molar-refractivity contribution < 1.29 is 19.0 Å². The van der Waals surface area contributed by atoms with Crippen LogP contribution in [0.15, 0.2) is 24.3 Å². The molecule has 2 aliphatic rings. The number of rotatable bonds is 5. The van der Waals surface area contributed by atoms with E-state index >= 15 is 0 Å². The van der Waals surface area contributed by atoms with Crippen LogP contribution in [-0.2, 0) is 9.47 Å². The molecule has 0 aromatic heterocycles. The third-order valence-electron chi connectivity index (χ3n) is 5.97. The number of nitriles is 1. The summed E-state index contributed by atoms with van der Waals surface area (Å²) < 4.78 is 17.3. The lowest BCUT2D eigenvalue weighted by molar-refractivity contribution is 0.000364. The van der Waals surface area contributed by atoms with E-state index in [1.54, 1.807) is 12.0 Å². The minimum absolute atomic E-state index is 0.0560. The Morgan fingerprint density at radius 1 is 1.23 bits per heavy atom. The summed E-state index contributed by atoms with van der Waals surface area (Å²) in [6.45, 7) is 9.81. The Kier molecular flexibility index (Phi) is 7.32. The number of carbonyl (C=O) groups is 1. The molecule has 2 saturated heterocycles. The van der Waals surface area contributed by atoms with Crippen LogP contribution in [-0.4, -0.2) is 61.6 Å². The van der Waals surface area contributed by atoms with Gasteiger partial charge in [-0.2, -0.15) is 5.26 Å². The molecular weight excluding hydrogens is 394 g/mol. The van der Waals surface area contributed by atoms with Crippen LogP contribution in [0.4, 0.5) is 10.5 Å². The van der Waals surface area contributed by atoms with Crippen LogP contribution in [0.5, 0.6) is 5.75 Å². The number of nitrogens with zero attached hydrogens (tertiary/aromatic N) is 3. The summed E-state index contributed by atoms with van der Waals surface area (Å²) in [7, 11) is 1.73. The molecule has 4 atom stereocenters. The van der Waals surface area contributed by atoms with Gasteiger partial charge in [0.1, 0.15) is 17.5 Å². The van der Waals surface area contributed by atoms with E-state index in [9.17, 15) is 4.79 Å². The Hall–Kier alpha value is -2.46. The minimum Gasteiger partial charge on any atom is -0.490 e. The predicted octanol–water partition coefficient (Wildman–Crippen LogP) is 4.22. The number of hydrogen-bond acceptors (Lipinski definition) is 6. The van der Waals surface area contributed by atoms with Gasteiger partial charge in [-0.25, -0.2) is 4.79 Å². The zero-order valence-corrected chi connectivity index (χ0v) is 19.3. The van der Waals surface area contributed by atoms with Crippen molar-refractivity contribution in [1.82, 2.24) is 4.90 Å². The number of benzene rings is 1. The fraction of sp³-hybridized carbons (Fsp3) is 0.667. The molecule has 3 rings (SSSR count). The Morgan fingerprint density at radius 3 is 2.52 bits per heavy atom. The van der Waals surface area contributed by atoms with Crippen molar-refractivity contribution in [1.29, 1.82) is 5.26 Å². The average Bonchev–Trinajstić information content (AvgIpc) is 3.12. The maximum absolute atomic E-state index is 12.3. The highest BCUT2D eigenvalue weighted by atomic mass is 16.6. The standard InChI is InChI=1S/C24H35N3O4/c1-17-15-26(23(28)31-24(2,3)4)13-11-22(17)30-20-8-6-18(7-9-20)27-16-21(29-5)14-19(27)10-12-25/h6-9,17,19,21-22H,10-11,13-16H2,1-5H3/t17?,19-,21+,22?/m0/s1. The Balaban J connectivity index is 1.57. The van der Waals surface area contributed by atoms with Gasteiger partial charge in [0, 0.05) is 50.8 Å². The zero-order chi connectivity index (χ0) is 22.6. The van der Waals surface area contributed by atoms with Crippen molar-refractivity contribution in [2.45, 2.75) is 70.8 Å². The molecule has 0 N–H and O–H groups in total. The molecule has 1 aromatic rings. The topological polar surface area (TPSA) is 75.0 Å². The maximum Gasteiger partial charge on any atom is 0.410 e. The van der Waals surface area contributed by atoms with E-state index in [1.165, 1.54) is 0 Å². The van der Waals surface area contributed by atoms with Crippen molar-refractivity contribution in [3.63, 3.8) is 0 Å². The zero-order valence-electron chi connectivity index (χ0n) is 19.3. The lowest BCUT2D eigenvalue weighted by Gasteiger charge is -2.37. The summed E-state index contributed by atoms with van der Waals surface area (Å²) in [4.78, 5) is 16.4. The Morgan fingerprint density at radius 2 is 1.94 bits per heavy atom. The maximum atomic E-state index is 12.3. The molecule has 2 aliphatic heterocycles. The number of ether oxygens (including phenoxy) is 3. The molecule has 2 unspecified atom stereocenters. The molecule has 2 fully saturated rings. The molecule has 0 spiro atoms. The molecule has 1 aromatic carbocycles. The van der Waals surface area contributed by atoms with Crippen LogP contribution in [0, 0.1) is 17.2 Å². The highest BCUT2D eigenvalue weighted by Crippen LogP contribution is 2.31. The van der Waals surface area contributed by atoms with Gasteiger partial charge in [0.2, 0.25) is 0 Å². The minimum atomic E-state index is -0.486. The third-order valence-corrected chi connectivity index (χ3v) is 5.97. The highest BCUT2D eigenvalue weighted by molar-refractivity contribution is 5.68. The van der Waals surface area contributed by atoms with E-state index in [-0.39, 0.29) is 30.3 Å². The van der Waals surface area contributed by atoms with Crippen molar-refractivity contribution in [3.8, 4) is 11.8 Å². The number of hydrogen-bond donors (Lipinski definition) is 0. The molecule has 0 saturated carbocycles. The normalized spacial score (nSPS) is 26.5. The van der Waals surface area contributed by atoms with Crippen LogP contribution in [0.2, 0.25) is 0 Å². The van der Waals surface area contributed by atoms with Gasteiger partial charge in [-0.15, -0.1) is 0 Å². The number of carbonyl (C=O) groups excluding carboxylic acids is 1. The first-order valence-corrected chi connectivity index (χ1v) is 11.1. The van der Waals surface area contributed by atoms with Gasteiger partial charge >= 0.3 is 6.09 Å². The van der Waals surface area contributed by atoms with Crippen LogP contribution < -0.4 is 9.64 Å². The van der Waals surface area contributed by atoms with Gasteiger partial charge in [-0.3, -0.25) is 0 Å². The fourth-order valence-electron chi connectivity index (χ4n) is 4.34. The number of methoxy groups -OCH3 is 1. The molecule has 0 aliphatic carbocycles. The largest absolute Gasteiger partial charge is 0.490 e. The quantitative estimate of drug-likeness (QED) is 0.698. The third kappa shape index (κ3) is 6.04. The molecule has 7 nitrogen and oxygen atoms in total. The fourth-order valence-corrected chi connectivity index (χ4v) is 4.34. The summed E-state index contributed by atoms with van der Waals surface area (Å²) in [6.07, 6.45) is 2.09. The van der Waals surface area contributed by atoms with E-state index < -0.39 is 5.60 Å². The number of amides is 1. The number of anilines is 1.